The second kappa shape index (κ2) is 14.1. The second-order valence-corrected chi connectivity index (χ2v) is 12.1. The SMILES string of the molecule is COC(=O)c1ccc(/C=C2\SC(=S)N(CCCCCC(=O)Nc3ncc(Cc4cccc(C(F)(F)F)c4)s3)C2=O)cc1. The van der Waals surface area contributed by atoms with Gasteiger partial charge in [0, 0.05) is 30.5 Å². The van der Waals surface area contributed by atoms with Gasteiger partial charge in [-0.2, -0.15) is 13.2 Å². The predicted molar refractivity (Wildman–Crippen MR) is 161 cm³/mol. The van der Waals surface area contributed by atoms with Crippen LogP contribution in [-0.2, 0) is 26.9 Å². The van der Waals surface area contributed by atoms with Gasteiger partial charge in [0.05, 0.1) is 23.1 Å². The van der Waals surface area contributed by atoms with Gasteiger partial charge in [-0.25, -0.2) is 9.78 Å². The number of anilines is 1. The molecule has 0 bridgehead atoms. The van der Waals surface area contributed by atoms with Gasteiger partial charge in [-0.3, -0.25) is 14.5 Å². The molecule has 3 aromatic rings. The molecular formula is C29H26F3N3O4S3. The van der Waals surface area contributed by atoms with E-state index in [1.54, 1.807) is 47.5 Å². The summed E-state index contributed by atoms with van der Waals surface area (Å²) in [6.45, 7) is 0.441. The number of thiazole rings is 1. The highest BCUT2D eigenvalue weighted by molar-refractivity contribution is 8.26. The van der Waals surface area contributed by atoms with E-state index >= 15 is 0 Å². The van der Waals surface area contributed by atoms with Crippen molar-refractivity contribution in [2.24, 2.45) is 0 Å². The summed E-state index contributed by atoms with van der Waals surface area (Å²) in [6, 6.07) is 11.9. The first-order valence-electron chi connectivity index (χ1n) is 12.9. The number of thioether (sulfide) groups is 1. The summed E-state index contributed by atoms with van der Waals surface area (Å²) in [7, 11) is 1.31. The molecule has 1 N–H and O–H groups in total. The molecule has 0 atom stereocenters. The number of nitrogens with zero attached hydrogens (tertiary/aromatic N) is 2. The number of hydrogen-bond acceptors (Lipinski definition) is 8. The number of esters is 1. The molecule has 0 spiro atoms. The molecule has 4 rings (SSSR count). The number of halogens is 3. The molecule has 0 unspecified atom stereocenters. The third-order valence-electron chi connectivity index (χ3n) is 6.22. The first-order chi connectivity index (χ1) is 20.0. The molecule has 0 aliphatic carbocycles. The molecule has 13 heteroatoms. The zero-order valence-corrected chi connectivity index (χ0v) is 24.9. The van der Waals surface area contributed by atoms with Crippen LogP contribution in [0.3, 0.4) is 0 Å². The molecule has 7 nitrogen and oxygen atoms in total. The smallest absolute Gasteiger partial charge is 0.416 e. The lowest BCUT2D eigenvalue weighted by Crippen LogP contribution is -2.29. The molecule has 2 heterocycles. The molecule has 220 valence electrons. The molecule has 42 heavy (non-hydrogen) atoms. The summed E-state index contributed by atoms with van der Waals surface area (Å²) in [6.07, 6.45) is 1.40. The van der Waals surface area contributed by atoms with Crippen LogP contribution >= 0.6 is 35.3 Å². The van der Waals surface area contributed by atoms with Crippen LogP contribution in [0.15, 0.2) is 59.6 Å². The lowest BCUT2D eigenvalue weighted by molar-refractivity contribution is -0.137. The Morgan fingerprint density at radius 1 is 1.12 bits per heavy atom. The fourth-order valence-corrected chi connectivity index (χ4v) is 6.27. The maximum Gasteiger partial charge on any atom is 0.416 e. The molecule has 2 aromatic carbocycles. The van der Waals surface area contributed by atoms with Crippen LogP contribution in [0.1, 0.15) is 57.6 Å². The summed E-state index contributed by atoms with van der Waals surface area (Å²) in [5.41, 5.74) is 0.990. The Bertz CT molecular complexity index is 1500. The minimum Gasteiger partial charge on any atom is -0.465 e. The molecule has 1 aliphatic heterocycles. The van der Waals surface area contributed by atoms with Gasteiger partial charge in [0.2, 0.25) is 5.91 Å². The summed E-state index contributed by atoms with van der Waals surface area (Å²) < 4.78 is 44.0. The van der Waals surface area contributed by atoms with E-state index in [1.807, 2.05) is 0 Å². The van der Waals surface area contributed by atoms with Crippen LogP contribution in [-0.4, -0.2) is 45.6 Å². The van der Waals surface area contributed by atoms with E-state index in [4.69, 9.17) is 17.0 Å². The van der Waals surface area contributed by atoms with Gasteiger partial charge in [0.15, 0.2) is 5.13 Å². The lowest BCUT2D eigenvalue weighted by atomic mass is 10.1. The van der Waals surface area contributed by atoms with E-state index in [0.717, 1.165) is 22.6 Å². The standard InChI is InChI=1S/C29H26F3N3O4S3/c1-39-26(38)20-11-9-18(10-12-20)16-23-25(37)35(28(40)42-23)13-4-2-3-8-24(36)34-27-33-17-22(41-27)15-19-6-5-7-21(14-19)29(30,31)32/h5-7,9-12,14,16-17H,2-4,8,13,15H2,1H3,(H,33,34,36)/b23-16-. The van der Waals surface area contributed by atoms with Gasteiger partial charge < -0.3 is 10.1 Å². The summed E-state index contributed by atoms with van der Waals surface area (Å²) in [5.74, 6) is -0.818. The topological polar surface area (TPSA) is 88.6 Å². The fourth-order valence-electron chi connectivity index (χ4n) is 4.10. The molecule has 1 aromatic heterocycles. The highest BCUT2D eigenvalue weighted by Crippen LogP contribution is 2.33. The van der Waals surface area contributed by atoms with Crippen LogP contribution < -0.4 is 5.32 Å². The lowest BCUT2D eigenvalue weighted by Gasteiger charge is -2.14. The Balaban J connectivity index is 1.18. The number of hydrogen-bond donors (Lipinski definition) is 1. The van der Waals surface area contributed by atoms with Gasteiger partial charge in [0.25, 0.3) is 5.91 Å². The van der Waals surface area contributed by atoms with Crippen molar-refractivity contribution in [2.45, 2.75) is 38.3 Å². The number of alkyl halides is 3. The minimum absolute atomic E-state index is 0.176. The second-order valence-electron chi connectivity index (χ2n) is 9.31. The number of carbonyl (C=O) groups excluding carboxylic acids is 3. The number of carbonyl (C=O) groups is 3. The number of nitrogens with one attached hydrogen (secondary N) is 1. The van der Waals surface area contributed by atoms with Gasteiger partial charge in [0.1, 0.15) is 4.32 Å². The summed E-state index contributed by atoms with van der Waals surface area (Å²) >= 11 is 7.83. The van der Waals surface area contributed by atoms with Crippen molar-refractivity contribution in [3.8, 4) is 0 Å². The molecule has 1 saturated heterocycles. The average molecular weight is 634 g/mol. The molecule has 1 aliphatic rings. The Hall–Kier alpha value is -3.55. The van der Waals surface area contributed by atoms with E-state index in [9.17, 15) is 27.6 Å². The zero-order valence-electron chi connectivity index (χ0n) is 22.4. The normalized spacial score (nSPS) is 14.5. The van der Waals surface area contributed by atoms with E-state index in [1.165, 1.54) is 36.3 Å². The van der Waals surface area contributed by atoms with Crippen LogP contribution in [0.25, 0.3) is 6.08 Å². The average Bonchev–Trinajstić information content (AvgIpc) is 3.50. The number of aromatic nitrogens is 1. The third kappa shape index (κ3) is 8.49. The highest BCUT2D eigenvalue weighted by Gasteiger charge is 2.32. The number of rotatable bonds is 11. The van der Waals surface area contributed by atoms with Crippen LogP contribution in [0.4, 0.5) is 18.3 Å². The number of benzene rings is 2. The zero-order chi connectivity index (χ0) is 30.3. The van der Waals surface area contributed by atoms with E-state index in [-0.39, 0.29) is 24.7 Å². The van der Waals surface area contributed by atoms with Crippen molar-refractivity contribution < 1.29 is 32.3 Å². The monoisotopic (exact) mass is 633 g/mol. The third-order valence-corrected chi connectivity index (χ3v) is 8.51. The van der Waals surface area contributed by atoms with Crippen molar-refractivity contribution in [2.75, 3.05) is 19.0 Å². The fraction of sp³-hybridized carbons (Fsp3) is 0.276. The molecule has 1 fully saturated rings. The first kappa shape index (κ1) is 31.4. The Morgan fingerprint density at radius 3 is 2.60 bits per heavy atom. The van der Waals surface area contributed by atoms with E-state index < -0.39 is 17.7 Å². The maximum atomic E-state index is 12.9. The summed E-state index contributed by atoms with van der Waals surface area (Å²) in [5, 5.41) is 3.13. The van der Waals surface area contributed by atoms with Gasteiger partial charge >= 0.3 is 12.1 Å². The predicted octanol–water partition coefficient (Wildman–Crippen LogP) is 6.94. The number of ether oxygens (including phenoxy) is 1. The molecular weight excluding hydrogens is 608 g/mol. The van der Waals surface area contributed by atoms with Gasteiger partial charge in [-0.15, -0.1) is 11.3 Å². The quantitative estimate of drug-likeness (QED) is 0.106. The first-order valence-corrected chi connectivity index (χ1v) is 14.9. The van der Waals surface area contributed by atoms with Crippen molar-refractivity contribution >= 4 is 68.6 Å². The van der Waals surface area contributed by atoms with Crippen LogP contribution in [0, 0.1) is 0 Å². The van der Waals surface area contributed by atoms with E-state index in [2.05, 4.69) is 10.3 Å². The highest BCUT2D eigenvalue weighted by atomic mass is 32.2. The number of amides is 2. The molecule has 0 saturated carbocycles. The van der Waals surface area contributed by atoms with Gasteiger partial charge in [-0.1, -0.05) is 60.7 Å². The Labute approximate surface area is 254 Å². The van der Waals surface area contributed by atoms with E-state index in [0.29, 0.717) is 51.3 Å². The number of thiocarbonyl (C=S) groups is 1. The Morgan fingerprint density at radius 2 is 1.88 bits per heavy atom. The van der Waals surface area contributed by atoms with Crippen LogP contribution in [0.5, 0.6) is 0 Å². The molecule has 2 amide bonds. The van der Waals surface area contributed by atoms with Crippen molar-refractivity contribution in [3.05, 3.63) is 86.8 Å². The summed E-state index contributed by atoms with van der Waals surface area (Å²) in [4.78, 5) is 43.8. The Kier molecular flexibility index (Phi) is 10.5. The molecule has 0 radical (unpaired) electrons. The van der Waals surface area contributed by atoms with Crippen molar-refractivity contribution in [1.29, 1.82) is 0 Å². The van der Waals surface area contributed by atoms with Gasteiger partial charge in [-0.05, 0) is 48.2 Å². The van der Waals surface area contributed by atoms with Crippen molar-refractivity contribution in [3.63, 3.8) is 0 Å². The van der Waals surface area contributed by atoms with Crippen LogP contribution in [0.2, 0.25) is 0 Å². The minimum atomic E-state index is -4.40. The number of unbranched alkanes of at least 4 members (excludes halogenated alkanes) is 2. The largest absolute Gasteiger partial charge is 0.465 e. The number of methoxy groups -OCH3 is 1. The maximum absolute atomic E-state index is 12.9. The van der Waals surface area contributed by atoms with Crippen molar-refractivity contribution in [1.82, 2.24) is 9.88 Å².